The summed E-state index contributed by atoms with van der Waals surface area (Å²) in [6.45, 7) is 2.65. The fraction of sp³-hybridized carbons (Fsp3) is 0.231. The molecule has 1 aromatic heterocycles. The van der Waals surface area contributed by atoms with Gasteiger partial charge in [0.2, 0.25) is 0 Å². The monoisotopic (exact) mass is 298 g/mol. The predicted octanol–water partition coefficient (Wildman–Crippen LogP) is 3.97. The number of hydrogen-bond acceptors (Lipinski definition) is 2. The van der Waals surface area contributed by atoms with Crippen molar-refractivity contribution in [2.45, 2.75) is 19.9 Å². The van der Waals surface area contributed by atoms with Crippen LogP contribution in [0.3, 0.4) is 0 Å². The molecule has 4 nitrogen and oxygen atoms in total. The van der Waals surface area contributed by atoms with Crippen molar-refractivity contribution in [3.05, 3.63) is 40.0 Å². The van der Waals surface area contributed by atoms with Gasteiger partial charge in [-0.1, -0.05) is 30.1 Å². The highest BCUT2D eigenvalue weighted by Gasteiger charge is 2.19. The van der Waals surface area contributed by atoms with Crippen LogP contribution in [0.4, 0.5) is 0 Å². The number of hydrogen-bond donors (Lipinski definition) is 1. The molecule has 0 bridgehead atoms. The topological polar surface area (TPSA) is 55.1 Å². The lowest BCUT2D eigenvalue weighted by atomic mass is 10.1. The normalized spacial score (nSPS) is 10.7. The Labute approximate surface area is 120 Å². The molecule has 0 saturated carbocycles. The van der Waals surface area contributed by atoms with Gasteiger partial charge in [0.1, 0.15) is 11.3 Å². The minimum atomic E-state index is -1.03. The molecule has 0 aliphatic carbocycles. The third kappa shape index (κ3) is 2.91. The first-order chi connectivity index (χ1) is 9.02. The summed E-state index contributed by atoms with van der Waals surface area (Å²) in [5, 5.41) is 14.4. The SMILES string of the molecule is CCCn1cc(C(=O)O)c(-c2cc(Cl)ccc2Cl)n1. The molecule has 1 aromatic carbocycles. The highest BCUT2D eigenvalue weighted by atomic mass is 35.5. The molecule has 0 radical (unpaired) electrons. The van der Waals surface area contributed by atoms with E-state index in [0.717, 1.165) is 6.42 Å². The Bertz CT molecular complexity index is 623. The van der Waals surface area contributed by atoms with Crippen LogP contribution in [0.5, 0.6) is 0 Å². The van der Waals surface area contributed by atoms with Crippen LogP contribution in [-0.4, -0.2) is 20.9 Å². The Morgan fingerprint density at radius 2 is 2.16 bits per heavy atom. The fourth-order valence-electron chi connectivity index (χ4n) is 1.80. The van der Waals surface area contributed by atoms with Gasteiger partial charge in [-0.3, -0.25) is 4.68 Å². The molecule has 0 aliphatic heterocycles. The standard InChI is InChI=1S/C13H12Cl2N2O2/c1-2-5-17-7-10(13(18)19)12(16-17)9-6-8(14)3-4-11(9)15/h3-4,6-7H,2,5H2,1H3,(H,18,19). The molecule has 0 aliphatic rings. The molecule has 2 aromatic rings. The number of aromatic nitrogens is 2. The molecule has 0 amide bonds. The second-order valence-electron chi connectivity index (χ2n) is 4.08. The minimum absolute atomic E-state index is 0.123. The zero-order valence-corrected chi connectivity index (χ0v) is 11.7. The Hall–Kier alpha value is -1.52. The van der Waals surface area contributed by atoms with Crippen LogP contribution < -0.4 is 0 Å². The summed E-state index contributed by atoms with van der Waals surface area (Å²) in [7, 11) is 0. The van der Waals surface area contributed by atoms with Crippen LogP contribution in [0.15, 0.2) is 24.4 Å². The summed E-state index contributed by atoms with van der Waals surface area (Å²) in [5.74, 6) is -1.03. The molecule has 19 heavy (non-hydrogen) atoms. The van der Waals surface area contributed by atoms with E-state index in [9.17, 15) is 9.90 Å². The van der Waals surface area contributed by atoms with E-state index >= 15 is 0 Å². The molecule has 6 heteroatoms. The Balaban J connectivity index is 2.59. The van der Waals surface area contributed by atoms with Crippen molar-refractivity contribution in [2.24, 2.45) is 0 Å². The highest BCUT2D eigenvalue weighted by molar-refractivity contribution is 6.35. The largest absolute Gasteiger partial charge is 0.478 e. The number of carbonyl (C=O) groups is 1. The lowest BCUT2D eigenvalue weighted by molar-refractivity contribution is 0.0697. The van der Waals surface area contributed by atoms with E-state index < -0.39 is 5.97 Å². The van der Waals surface area contributed by atoms with Crippen molar-refractivity contribution in [2.75, 3.05) is 0 Å². The van der Waals surface area contributed by atoms with Gasteiger partial charge in [-0.2, -0.15) is 5.10 Å². The molecule has 1 N–H and O–H groups in total. The number of rotatable bonds is 4. The molecular weight excluding hydrogens is 287 g/mol. The van der Waals surface area contributed by atoms with Crippen LogP contribution in [-0.2, 0) is 6.54 Å². The zero-order chi connectivity index (χ0) is 14.0. The van der Waals surface area contributed by atoms with E-state index in [1.165, 1.54) is 6.20 Å². The van der Waals surface area contributed by atoms with Gasteiger partial charge < -0.3 is 5.11 Å². The van der Waals surface area contributed by atoms with E-state index in [0.29, 0.717) is 27.8 Å². The molecule has 0 atom stereocenters. The van der Waals surface area contributed by atoms with Gasteiger partial charge in [0.25, 0.3) is 0 Å². The van der Waals surface area contributed by atoms with E-state index in [2.05, 4.69) is 5.10 Å². The van der Waals surface area contributed by atoms with E-state index in [-0.39, 0.29) is 5.56 Å². The lowest BCUT2D eigenvalue weighted by Crippen LogP contribution is -1.97. The quantitative estimate of drug-likeness (QED) is 0.929. The lowest BCUT2D eigenvalue weighted by Gasteiger charge is -2.03. The third-order valence-corrected chi connectivity index (χ3v) is 3.19. The first kappa shape index (κ1) is 13.9. The van der Waals surface area contributed by atoms with E-state index in [1.54, 1.807) is 22.9 Å². The van der Waals surface area contributed by atoms with Crippen molar-refractivity contribution in [1.29, 1.82) is 0 Å². The number of carboxylic acids is 1. The predicted molar refractivity (Wildman–Crippen MR) is 74.9 cm³/mol. The van der Waals surface area contributed by atoms with Crippen molar-refractivity contribution >= 4 is 29.2 Å². The average Bonchev–Trinajstić information content (AvgIpc) is 2.77. The number of halogens is 2. The Morgan fingerprint density at radius 3 is 2.79 bits per heavy atom. The summed E-state index contributed by atoms with van der Waals surface area (Å²) >= 11 is 12.0. The molecule has 0 saturated heterocycles. The Morgan fingerprint density at radius 1 is 1.42 bits per heavy atom. The average molecular weight is 299 g/mol. The van der Waals surface area contributed by atoms with Crippen molar-refractivity contribution in [3.8, 4) is 11.3 Å². The fourth-order valence-corrected chi connectivity index (χ4v) is 2.18. The summed E-state index contributed by atoms with van der Waals surface area (Å²) in [6, 6.07) is 4.90. The van der Waals surface area contributed by atoms with Gasteiger partial charge in [0, 0.05) is 23.3 Å². The Kier molecular flexibility index (Phi) is 4.12. The summed E-state index contributed by atoms with van der Waals surface area (Å²) in [6.07, 6.45) is 2.38. The molecular formula is C13H12Cl2N2O2. The smallest absolute Gasteiger partial charge is 0.339 e. The number of aryl methyl sites for hydroxylation is 1. The second kappa shape index (κ2) is 5.63. The van der Waals surface area contributed by atoms with Crippen molar-refractivity contribution in [1.82, 2.24) is 9.78 Å². The third-order valence-electron chi connectivity index (χ3n) is 2.63. The first-order valence-corrected chi connectivity index (χ1v) is 6.54. The van der Waals surface area contributed by atoms with Gasteiger partial charge in [0.15, 0.2) is 0 Å². The van der Waals surface area contributed by atoms with Crippen LogP contribution in [0.2, 0.25) is 10.0 Å². The van der Waals surface area contributed by atoms with Crippen LogP contribution in [0, 0.1) is 0 Å². The van der Waals surface area contributed by atoms with Gasteiger partial charge in [-0.05, 0) is 24.6 Å². The summed E-state index contributed by atoms with van der Waals surface area (Å²) < 4.78 is 1.61. The minimum Gasteiger partial charge on any atom is -0.478 e. The maximum atomic E-state index is 11.3. The van der Waals surface area contributed by atoms with Gasteiger partial charge in [0.05, 0.1) is 5.02 Å². The van der Waals surface area contributed by atoms with Gasteiger partial charge in [-0.25, -0.2) is 4.79 Å². The van der Waals surface area contributed by atoms with E-state index in [1.807, 2.05) is 6.92 Å². The van der Waals surface area contributed by atoms with Crippen LogP contribution in [0.1, 0.15) is 23.7 Å². The molecule has 100 valence electrons. The van der Waals surface area contributed by atoms with Crippen LogP contribution >= 0.6 is 23.2 Å². The zero-order valence-electron chi connectivity index (χ0n) is 10.2. The summed E-state index contributed by atoms with van der Waals surface area (Å²) in [5.41, 5.74) is 0.993. The van der Waals surface area contributed by atoms with E-state index in [4.69, 9.17) is 23.2 Å². The highest BCUT2D eigenvalue weighted by Crippen LogP contribution is 2.31. The first-order valence-electron chi connectivity index (χ1n) is 5.79. The molecule has 2 rings (SSSR count). The molecule has 0 fully saturated rings. The second-order valence-corrected chi connectivity index (χ2v) is 4.93. The molecule has 1 heterocycles. The van der Waals surface area contributed by atoms with Crippen molar-refractivity contribution in [3.63, 3.8) is 0 Å². The summed E-state index contributed by atoms with van der Waals surface area (Å²) in [4.78, 5) is 11.3. The maximum Gasteiger partial charge on any atom is 0.339 e. The number of aromatic carboxylic acids is 1. The number of nitrogens with zero attached hydrogens (tertiary/aromatic N) is 2. The van der Waals surface area contributed by atoms with Crippen molar-refractivity contribution < 1.29 is 9.90 Å². The maximum absolute atomic E-state index is 11.3. The number of carboxylic acid groups (broad SMARTS) is 1. The number of benzene rings is 1. The molecule has 0 spiro atoms. The van der Waals surface area contributed by atoms with Crippen LogP contribution in [0.25, 0.3) is 11.3 Å². The van der Waals surface area contributed by atoms with Gasteiger partial charge >= 0.3 is 5.97 Å². The molecule has 0 unspecified atom stereocenters. The van der Waals surface area contributed by atoms with Gasteiger partial charge in [-0.15, -0.1) is 0 Å².